The molecule has 0 radical (unpaired) electrons. The van der Waals surface area contributed by atoms with Gasteiger partial charge in [0.05, 0.1) is 10.5 Å². The second-order valence-corrected chi connectivity index (χ2v) is 5.90. The van der Waals surface area contributed by atoms with E-state index in [0.29, 0.717) is 13.0 Å². The molecule has 2 rings (SSSR count). The van der Waals surface area contributed by atoms with E-state index >= 15 is 0 Å². The number of non-ortho nitro benzene ring substituents is 1. The third-order valence-electron chi connectivity index (χ3n) is 3.78. The maximum absolute atomic E-state index is 10.7. The first-order chi connectivity index (χ1) is 10.9. The van der Waals surface area contributed by atoms with E-state index in [1.54, 1.807) is 12.1 Å². The Morgan fingerprint density at radius 1 is 1.04 bits per heavy atom. The summed E-state index contributed by atoms with van der Waals surface area (Å²) >= 11 is 0. The normalized spacial score (nSPS) is 13.5. The second kappa shape index (κ2) is 7.24. The molecule has 2 aromatic rings. The Morgan fingerprint density at radius 3 is 1.96 bits per heavy atom. The Balaban J connectivity index is 2.15. The molecule has 0 aliphatic heterocycles. The van der Waals surface area contributed by atoms with Crippen LogP contribution in [0.2, 0.25) is 0 Å². The van der Waals surface area contributed by atoms with Crippen LogP contribution in [0.4, 0.5) is 11.4 Å². The SMILES string of the molecule is CCOC(C)(Cc1ccc(N)cc1)Cc1ccc([N+](=O)[O-])cc1. The molecule has 0 spiro atoms. The van der Waals surface area contributed by atoms with Gasteiger partial charge in [-0.2, -0.15) is 0 Å². The van der Waals surface area contributed by atoms with Crippen molar-refractivity contribution in [3.63, 3.8) is 0 Å². The Labute approximate surface area is 136 Å². The van der Waals surface area contributed by atoms with E-state index in [1.165, 1.54) is 12.1 Å². The first kappa shape index (κ1) is 17.0. The van der Waals surface area contributed by atoms with Gasteiger partial charge in [-0.05, 0) is 37.1 Å². The zero-order chi connectivity index (χ0) is 16.9. The van der Waals surface area contributed by atoms with Crippen LogP contribution in [0.15, 0.2) is 48.5 Å². The molecule has 0 aromatic heterocycles. The Morgan fingerprint density at radius 2 is 1.52 bits per heavy atom. The van der Waals surface area contributed by atoms with E-state index in [9.17, 15) is 10.1 Å². The average Bonchev–Trinajstić information content (AvgIpc) is 2.50. The standard InChI is InChI=1S/C18H22N2O3/c1-3-23-18(2,12-14-4-8-16(19)9-5-14)13-15-6-10-17(11-7-15)20(21)22/h4-11H,3,12-13,19H2,1-2H3. The molecule has 122 valence electrons. The lowest BCUT2D eigenvalue weighted by molar-refractivity contribution is -0.384. The van der Waals surface area contributed by atoms with Gasteiger partial charge in [-0.15, -0.1) is 0 Å². The largest absolute Gasteiger partial charge is 0.399 e. The van der Waals surface area contributed by atoms with Gasteiger partial charge in [-0.1, -0.05) is 24.3 Å². The lowest BCUT2D eigenvalue weighted by Crippen LogP contribution is -2.34. The zero-order valence-corrected chi connectivity index (χ0v) is 13.5. The third kappa shape index (κ3) is 4.79. The molecule has 2 aromatic carbocycles. The average molecular weight is 314 g/mol. The summed E-state index contributed by atoms with van der Waals surface area (Å²) in [5.74, 6) is 0. The molecular weight excluding hydrogens is 292 g/mol. The highest BCUT2D eigenvalue weighted by Crippen LogP contribution is 2.24. The lowest BCUT2D eigenvalue weighted by atomic mass is 9.89. The molecule has 5 heteroatoms. The monoisotopic (exact) mass is 314 g/mol. The van der Waals surface area contributed by atoms with Crippen molar-refractivity contribution in [2.24, 2.45) is 0 Å². The fraction of sp³-hybridized carbons (Fsp3) is 0.333. The molecule has 1 unspecified atom stereocenters. The number of nitro groups is 1. The van der Waals surface area contributed by atoms with Gasteiger partial charge in [0.25, 0.3) is 5.69 Å². The van der Waals surface area contributed by atoms with E-state index in [0.717, 1.165) is 23.2 Å². The van der Waals surface area contributed by atoms with Gasteiger partial charge < -0.3 is 10.5 Å². The number of nitrogen functional groups attached to an aromatic ring is 1. The summed E-state index contributed by atoms with van der Waals surface area (Å²) in [5, 5.41) is 10.7. The van der Waals surface area contributed by atoms with E-state index in [1.807, 2.05) is 31.2 Å². The van der Waals surface area contributed by atoms with Crippen molar-refractivity contribution in [2.45, 2.75) is 32.3 Å². The molecule has 1 atom stereocenters. The predicted molar refractivity (Wildman–Crippen MR) is 91.4 cm³/mol. The fourth-order valence-corrected chi connectivity index (χ4v) is 2.75. The van der Waals surface area contributed by atoms with Crippen LogP contribution in [0.25, 0.3) is 0 Å². The van der Waals surface area contributed by atoms with Crippen molar-refractivity contribution in [3.8, 4) is 0 Å². The fourth-order valence-electron chi connectivity index (χ4n) is 2.75. The van der Waals surface area contributed by atoms with Gasteiger partial charge in [0.1, 0.15) is 0 Å². The van der Waals surface area contributed by atoms with Gasteiger partial charge >= 0.3 is 0 Å². The minimum atomic E-state index is -0.389. The summed E-state index contributed by atoms with van der Waals surface area (Å²) in [6.45, 7) is 4.64. The summed E-state index contributed by atoms with van der Waals surface area (Å²) < 4.78 is 5.98. The highest BCUT2D eigenvalue weighted by molar-refractivity contribution is 5.40. The number of nitrogens with zero attached hydrogens (tertiary/aromatic N) is 1. The molecule has 23 heavy (non-hydrogen) atoms. The summed E-state index contributed by atoms with van der Waals surface area (Å²) in [5.41, 5.74) is 8.36. The topological polar surface area (TPSA) is 78.4 Å². The molecule has 0 saturated carbocycles. The van der Waals surface area contributed by atoms with Gasteiger partial charge in [-0.3, -0.25) is 10.1 Å². The van der Waals surface area contributed by atoms with Gasteiger partial charge in [0, 0.05) is 37.3 Å². The summed E-state index contributed by atoms with van der Waals surface area (Å²) in [6.07, 6.45) is 1.43. The zero-order valence-electron chi connectivity index (χ0n) is 13.5. The maximum Gasteiger partial charge on any atom is 0.269 e. The first-order valence-electron chi connectivity index (χ1n) is 7.63. The van der Waals surface area contributed by atoms with Crippen molar-refractivity contribution in [3.05, 3.63) is 69.8 Å². The molecular formula is C18H22N2O3. The van der Waals surface area contributed by atoms with Gasteiger partial charge in [-0.25, -0.2) is 0 Å². The predicted octanol–water partition coefficient (Wildman–Crippen LogP) is 3.76. The smallest absolute Gasteiger partial charge is 0.269 e. The number of nitrogens with two attached hydrogens (primary N) is 1. The third-order valence-corrected chi connectivity index (χ3v) is 3.78. The van der Waals surface area contributed by atoms with E-state index in [4.69, 9.17) is 10.5 Å². The molecule has 0 aliphatic rings. The molecule has 0 saturated heterocycles. The first-order valence-corrected chi connectivity index (χ1v) is 7.63. The van der Waals surface area contributed by atoms with E-state index < -0.39 is 0 Å². The minimum Gasteiger partial charge on any atom is -0.399 e. The number of ether oxygens (including phenoxy) is 1. The van der Waals surface area contributed by atoms with Crippen LogP contribution >= 0.6 is 0 Å². The molecule has 0 aliphatic carbocycles. The number of benzene rings is 2. The number of hydrogen-bond acceptors (Lipinski definition) is 4. The number of hydrogen-bond donors (Lipinski definition) is 1. The highest BCUT2D eigenvalue weighted by Gasteiger charge is 2.26. The van der Waals surface area contributed by atoms with E-state index in [-0.39, 0.29) is 16.2 Å². The van der Waals surface area contributed by atoms with Crippen molar-refractivity contribution < 1.29 is 9.66 Å². The van der Waals surface area contributed by atoms with Crippen LogP contribution in [0, 0.1) is 10.1 Å². The van der Waals surface area contributed by atoms with Gasteiger partial charge in [0.15, 0.2) is 0 Å². The molecule has 2 N–H and O–H groups in total. The summed E-state index contributed by atoms with van der Waals surface area (Å²) in [6, 6.07) is 14.4. The van der Waals surface area contributed by atoms with Crippen molar-refractivity contribution in [1.82, 2.24) is 0 Å². The van der Waals surface area contributed by atoms with E-state index in [2.05, 4.69) is 6.92 Å². The summed E-state index contributed by atoms with van der Waals surface area (Å²) in [7, 11) is 0. The van der Waals surface area contributed by atoms with Crippen LogP contribution in [0.5, 0.6) is 0 Å². The molecule has 0 amide bonds. The van der Waals surface area contributed by atoms with Crippen LogP contribution < -0.4 is 5.73 Å². The van der Waals surface area contributed by atoms with Crippen molar-refractivity contribution >= 4 is 11.4 Å². The Bertz CT molecular complexity index is 653. The highest BCUT2D eigenvalue weighted by atomic mass is 16.6. The number of rotatable bonds is 7. The molecule has 5 nitrogen and oxygen atoms in total. The number of nitro benzene ring substituents is 1. The molecule has 0 heterocycles. The Hall–Kier alpha value is -2.40. The van der Waals surface area contributed by atoms with Crippen LogP contribution in [0.1, 0.15) is 25.0 Å². The van der Waals surface area contributed by atoms with Gasteiger partial charge in [0.2, 0.25) is 0 Å². The Kier molecular flexibility index (Phi) is 5.34. The lowest BCUT2D eigenvalue weighted by Gasteiger charge is -2.30. The molecule has 0 bridgehead atoms. The number of anilines is 1. The van der Waals surface area contributed by atoms with Crippen LogP contribution in [0.3, 0.4) is 0 Å². The van der Waals surface area contributed by atoms with Crippen LogP contribution in [-0.4, -0.2) is 17.1 Å². The minimum absolute atomic E-state index is 0.102. The maximum atomic E-state index is 10.7. The quantitative estimate of drug-likeness (QED) is 0.479. The second-order valence-electron chi connectivity index (χ2n) is 5.90. The van der Waals surface area contributed by atoms with Crippen molar-refractivity contribution in [2.75, 3.05) is 12.3 Å². The van der Waals surface area contributed by atoms with Crippen molar-refractivity contribution in [1.29, 1.82) is 0 Å². The summed E-state index contributed by atoms with van der Waals surface area (Å²) in [4.78, 5) is 10.4. The molecule has 0 fully saturated rings. The van der Waals surface area contributed by atoms with Crippen LogP contribution in [-0.2, 0) is 17.6 Å².